The van der Waals surface area contributed by atoms with Crippen molar-refractivity contribution in [1.29, 1.82) is 0 Å². The maximum absolute atomic E-state index is 13.4. The van der Waals surface area contributed by atoms with Gasteiger partial charge in [-0.05, 0) is 50.3 Å². The van der Waals surface area contributed by atoms with Gasteiger partial charge >= 0.3 is 6.36 Å². The highest BCUT2D eigenvalue weighted by molar-refractivity contribution is 6.33. The Labute approximate surface area is 192 Å². The van der Waals surface area contributed by atoms with Gasteiger partial charge < -0.3 is 20.7 Å². The van der Waals surface area contributed by atoms with E-state index in [0.29, 0.717) is 31.2 Å². The van der Waals surface area contributed by atoms with E-state index in [0.717, 1.165) is 12.1 Å². The van der Waals surface area contributed by atoms with Crippen LogP contribution in [-0.2, 0) is 24.6 Å². The largest absolute Gasteiger partial charge is 0.573 e. The summed E-state index contributed by atoms with van der Waals surface area (Å²) in [7, 11) is 0. The van der Waals surface area contributed by atoms with Crippen molar-refractivity contribution >= 4 is 35.1 Å². The van der Waals surface area contributed by atoms with E-state index in [-0.39, 0.29) is 12.5 Å². The molecular weight excluding hydrogens is 467 g/mol. The zero-order chi connectivity index (χ0) is 24.6. The van der Waals surface area contributed by atoms with E-state index in [2.05, 4.69) is 10.1 Å². The SMILES string of the molecule is CC(Cl)C(=O)[C@H](NC(=O)[C@@H]1CCCN1C(=O)C1(c2ccc(OC(F)(F)F)cc2)CC1)C(N)=O. The molecule has 8 nitrogen and oxygen atoms in total. The Bertz CT molecular complexity index is 947. The Morgan fingerprint density at radius 3 is 2.30 bits per heavy atom. The smallest absolute Gasteiger partial charge is 0.406 e. The summed E-state index contributed by atoms with van der Waals surface area (Å²) < 4.78 is 41.1. The molecule has 0 radical (unpaired) electrons. The quantitative estimate of drug-likeness (QED) is 0.426. The molecule has 33 heavy (non-hydrogen) atoms. The summed E-state index contributed by atoms with van der Waals surface area (Å²) >= 11 is 5.73. The Morgan fingerprint density at radius 1 is 1.21 bits per heavy atom. The summed E-state index contributed by atoms with van der Waals surface area (Å²) in [6, 6.07) is 2.56. The van der Waals surface area contributed by atoms with E-state index in [9.17, 15) is 32.3 Å². The Hall–Kier alpha value is -2.82. The first-order chi connectivity index (χ1) is 15.4. The van der Waals surface area contributed by atoms with Crippen molar-refractivity contribution in [1.82, 2.24) is 10.2 Å². The van der Waals surface area contributed by atoms with Crippen molar-refractivity contribution in [3.8, 4) is 5.75 Å². The normalized spacial score (nSPS) is 21.1. The topological polar surface area (TPSA) is 119 Å². The van der Waals surface area contributed by atoms with E-state index in [1.165, 1.54) is 24.0 Å². The average molecular weight is 490 g/mol. The summed E-state index contributed by atoms with van der Waals surface area (Å²) in [6.07, 6.45) is -3.03. The Kier molecular flexibility index (Phi) is 6.92. The molecule has 1 aromatic carbocycles. The van der Waals surface area contributed by atoms with Crippen LogP contribution in [0.5, 0.6) is 5.75 Å². The molecule has 2 fully saturated rings. The van der Waals surface area contributed by atoms with Gasteiger partial charge in [-0.2, -0.15) is 0 Å². The molecule has 3 amide bonds. The van der Waals surface area contributed by atoms with Crippen LogP contribution in [0.25, 0.3) is 0 Å². The van der Waals surface area contributed by atoms with Crippen LogP contribution < -0.4 is 15.8 Å². The van der Waals surface area contributed by atoms with E-state index in [1.54, 1.807) is 0 Å². The van der Waals surface area contributed by atoms with Gasteiger partial charge in [0.15, 0.2) is 11.8 Å². The molecule has 1 heterocycles. The number of rotatable bonds is 8. The van der Waals surface area contributed by atoms with Crippen LogP contribution in [0.4, 0.5) is 13.2 Å². The molecule has 12 heteroatoms. The third-order valence-electron chi connectivity index (χ3n) is 5.86. The van der Waals surface area contributed by atoms with Gasteiger partial charge in [-0.15, -0.1) is 24.8 Å². The first-order valence-electron chi connectivity index (χ1n) is 10.3. The van der Waals surface area contributed by atoms with Crippen molar-refractivity contribution in [3.63, 3.8) is 0 Å². The van der Waals surface area contributed by atoms with Crippen LogP contribution in [0.1, 0.15) is 38.2 Å². The second-order valence-electron chi connectivity index (χ2n) is 8.17. The molecular formula is C21H23ClF3N3O5. The number of halogens is 4. The molecule has 1 unspecified atom stereocenters. The minimum absolute atomic E-state index is 0.287. The van der Waals surface area contributed by atoms with Gasteiger partial charge in [0.05, 0.1) is 10.8 Å². The number of hydrogen-bond acceptors (Lipinski definition) is 5. The molecule has 0 bridgehead atoms. The van der Waals surface area contributed by atoms with Crippen molar-refractivity contribution in [3.05, 3.63) is 29.8 Å². The van der Waals surface area contributed by atoms with E-state index < -0.39 is 52.6 Å². The molecule has 0 aromatic heterocycles. The number of benzene rings is 1. The maximum Gasteiger partial charge on any atom is 0.573 e. The van der Waals surface area contributed by atoms with Gasteiger partial charge in [0.1, 0.15) is 11.8 Å². The van der Waals surface area contributed by atoms with Gasteiger partial charge in [-0.25, -0.2) is 0 Å². The fourth-order valence-corrected chi connectivity index (χ4v) is 4.16. The second-order valence-corrected chi connectivity index (χ2v) is 8.83. The van der Waals surface area contributed by atoms with Crippen LogP contribution in [0.2, 0.25) is 0 Å². The monoisotopic (exact) mass is 489 g/mol. The number of primary amides is 1. The molecule has 0 spiro atoms. The average Bonchev–Trinajstić information content (AvgIpc) is 3.39. The molecule has 3 atom stereocenters. The fourth-order valence-electron chi connectivity index (χ4n) is 4.03. The number of carbonyl (C=O) groups excluding carboxylic acids is 4. The number of Topliss-reactive ketones (excluding diaryl/α,β-unsaturated/α-hetero) is 1. The first kappa shape index (κ1) is 24.8. The summed E-state index contributed by atoms with van der Waals surface area (Å²) in [4.78, 5) is 51.3. The number of carbonyl (C=O) groups is 4. The number of nitrogens with one attached hydrogen (secondary N) is 1. The maximum atomic E-state index is 13.4. The molecule has 1 aromatic rings. The first-order valence-corrected chi connectivity index (χ1v) is 10.7. The Balaban J connectivity index is 1.74. The van der Waals surface area contributed by atoms with Crippen LogP contribution in [0.15, 0.2) is 24.3 Å². The standard InChI is InChI=1S/C21H23ClF3N3O5/c1-11(22)16(29)15(17(26)30)27-18(31)14-3-2-10-28(14)19(32)20(8-9-20)12-4-6-13(7-5-12)33-21(23,24)25/h4-7,11,14-15H,2-3,8-10H2,1H3,(H2,26,30)(H,27,31)/t11?,14-,15-/m0/s1. The third kappa shape index (κ3) is 5.40. The number of hydrogen-bond donors (Lipinski definition) is 2. The fraction of sp³-hybridized carbons (Fsp3) is 0.524. The lowest BCUT2D eigenvalue weighted by molar-refractivity contribution is -0.274. The van der Waals surface area contributed by atoms with Crippen LogP contribution >= 0.6 is 11.6 Å². The third-order valence-corrected chi connectivity index (χ3v) is 6.08. The summed E-state index contributed by atoms with van der Waals surface area (Å²) in [5.74, 6) is -3.24. The predicted molar refractivity (Wildman–Crippen MR) is 110 cm³/mol. The van der Waals surface area contributed by atoms with Gasteiger partial charge in [0.25, 0.3) is 0 Å². The zero-order valence-corrected chi connectivity index (χ0v) is 18.4. The second kappa shape index (κ2) is 9.20. The van der Waals surface area contributed by atoms with Gasteiger partial charge in [0, 0.05) is 6.54 Å². The molecule has 3 rings (SSSR count). The van der Waals surface area contributed by atoms with E-state index >= 15 is 0 Å². The van der Waals surface area contributed by atoms with Crippen LogP contribution in [0.3, 0.4) is 0 Å². The van der Waals surface area contributed by atoms with Gasteiger partial charge in [-0.1, -0.05) is 12.1 Å². The van der Waals surface area contributed by atoms with Crippen molar-refractivity contribution in [2.75, 3.05) is 6.54 Å². The molecule has 1 aliphatic heterocycles. The number of likely N-dealkylation sites (tertiary alicyclic amines) is 1. The van der Waals surface area contributed by atoms with Crippen molar-refractivity contribution in [2.24, 2.45) is 5.73 Å². The van der Waals surface area contributed by atoms with E-state index in [4.69, 9.17) is 17.3 Å². The van der Waals surface area contributed by atoms with Crippen molar-refractivity contribution < 1.29 is 37.1 Å². The highest BCUT2D eigenvalue weighted by Crippen LogP contribution is 2.50. The Morgan fingerprint density at radius 2 is 1.82 bits per heavy atom. The van der Waals surface area contributed by atoms with Crippen LogP contribution in [-0.4, -0.2) is 58.8 Å². The van der Waals surface area contributed by atoms with E-state index in [1.807, 2.05) is 0 Å². The van der Waals surface area contributed by atoms with Gasteiger partial charge in [-0.3, -0.25) is 19.2 Å². The lowest BCUT2D eigenvalue weighted by atomic mass is 9.93. The lowest BCUT2D eigenvalue weighted by Gasteiger charge is -2.29. The number of alkyl halides is 4. The number of ketones is 1. The minimum Gasteiger partial charge on any atom is -0.406 e. The molecule has 1 saturated heterocycles. The summed E-state index contributed by atoms with van der Waals surface area (Å²) in [5, 5.41) is 1.25. The predicted octanol–water partition coefficient (Wildman–Crippen LogP) is 1.77. The number of ether oxygens (including phenoxy) is 1. The molecule has 1 saturated carbocycles. The summed E-state index contributed by atoms with van der Waals surface area (Å²) in [6.45, 7) is 1.63. The molecule has 3 N–H and O–H groups in total. The molecule has 2 aliphatic rings. The number of nitrogens with two attached hydrogens (primary N) is 1. The minimum atomic E-state index is -4.82. The van der Waals surface area contributed by atoms with Crippen molar-refractivity contribution in [2.45, 2.75) is 61.8 Å². The zero-order valence-electron chi connectivity index (χ0n) is 17.7. The molecule has 180 valence electrons. The lowest BCUT2D eigenvalue weighted by Crippen LogP contribution is -2.57. The summed E-state index contributed by atoms with van der Waals surface area (Å²) in [5.41, 5.74) is 4.81. The highest BCUT2D eigenvalue weighted by atomic mass is 35.5. The number of amides is 3. The number of nitrogens with zero attached hydrogens (tertiary/aromatic N) is 1. The highest BCUT2D eigenvalue weighted by Gasteiger charge is 2.55. The van der Waals surface area contributed by atoms with Gasteiger partial charge in [0.2, 0.25) is 17.7 Å². The van der Waals surface area contributed by atoms with Crippen LogP contribution in [0, 0.1) is 0 Å². The molecule has 1 aliphatic carbocycles.